The van der Waals surface area contributed by atoms with Gasteiger partial charge in [-0.25, -0.2) is 18.4 Å². The lowest BCUT2D eigenvalue weighted by Crippen LogP contribution is -2.58. The Hall–Kier alpha value is -2.20. The number of anilines is 1. The fourth-order valence-corrected chi connectivity index (χ4v) is 6.92. The summed E-state index contributed by atoms with van der Waals surface area (Å²) in [5, 5.41) is 0. The largest absolute Gasteiger partial charge is 0.369 e. The summed E-state index contributed by atoms with van der Waals surface area (Å²) in [7, 11) is -3.36. The number of thiazole rings is 1. The molecule has 29 heavy (non-hydrogen) atoms. The van der Waals surface area contributed by atoms with Gasteiger partial charge in [-0.05, 0) is 50.3 Å². The summed E-state index contributed by atoms with van der Waals surface area (Å²) in [6.07, 6.45) is 6.41. The van der Waals surface area contributed by atoms with Crippen molar-refractivity contribution in [2.24, 2.45) is 21.5 Å². The topological polar surface area (TPSA) is 127 Å². The number of guanidine groups is 2. The summed E-state index contributed by atoms with van der Waals surface area (Å²) in [4.78, 5) is 15.2. The summed E-state index contributed by atoms with van der Waals surface area (Å²) < 4.78 is 26.1. The fraction of sp³-hybridized carbons (Fsp3) is 0.526. The number of hydrogen-bond donors (Lipinski definition) is 2. The quantitative estimate of drug-likeness (QED) is 0.745. The van der Waals surface area contributed by atoms with E-state index in [0.717, 1.165) is 48.9 Å². The molecule has 0 atom stereocenters. The van der Waals surface area contributed by atoms with Crippen LogP contribution >= 0.6 is 11.3 Å². The van der Waals surface area contributed by atoms with Crippen LogP contribution in [0.2, 0.25) is 0 Å². The number of rotatable bonds is 5. The molecule has 0 radical (unpaired) electrons. The van der Waals surface area contributed by atoms with E-state index in [0.29, 0.717) is 17.9 Å². The van der Waals surface area contributed by atoms with Crippen molar-refractivity contribution in [3.8, 4) is 0 Å². The van der Waals surface area contributed by atoms with E-state index in [2.05, 4.69) is 15.0 Å². The molecule has 0 bridgehead atoms. The third-order valence-electron chi connectivity index (χ3n) is 5.49. The standard InChI is InChI=1S/C19H26N6O2S2/c1-2-3-11-29(26,27)18-22-14-8-7-13(12-15(14)28-18)25-17(21)23-16(20)24-19(25)9-5-4-6-10-19/h7-8,12H,2-6,9-11H2,1H3,(H4,20,21,23,24). The van der Waals surface area contributed by atoms with Crippen molar-refractivity contribution < 1.29 is 8.42 Å². The Morgan fingerprint density at radius 2 is 1.97 bits per heavy atom. The Bertz CT molecular complexity index is 1080. The maximum Gasteiger partial charge on any atom is 0.220 e. The molecule has 4 N–H and O–H groups in total. The van der Waals surface area contributed by atoms with E-state index in [1.807, 2.05) is 30.0 Å². The minimum Gasteiger partial charge on any atom is -0.369 e. The first kappa shape index (κ1) is 20.1. The maximum absolute atomic E-state index is 12.5. The van der Waals surface area contributed by atoms with E-state index in [9.17, 15) is 8.42 Å². The molecule has 1 spiro atoms. The Labute approximate surface area is 174 Å². The number of benzene rings is 1. The minimum atomic E-state index is -3.36. The number of nitrogens with zero attached hydrogens (tertiary/aromatic N) is 4. The highest BCUT2D eigenvalue weighted by Crippen LogP contribution is 2.40. The van der Waals surface area contributed by atoms with Crippen LogP contribution in [-0.2, 0) is 9.84 Å². The van der Waals surface area contributed by atoms with Gasteiger partial charge in [0.2, 0.25) is 26.1 Å². The second-order valence-electron chi connectivity index (χ2n) is 7.62. The molecule has 0 amide bonds. The van der Waals surface area contributed by atoms with E-state index >= 15 is 0 Å². The lowest BCUT2D eigenvalue weighted by Gasteiger charge is -2.45. The fourth-order valence-electron chi connectivity index (χ4n) is 4.08. The molecule has 2 aliphatic rings. The molecule has 1 aliphatic heterocycles. The lowest BCUT2D eigenvalue weighted by molar-refractivity contribution is 0.305. The second-order valence-corrected chi connectivity index (χ2v) is 10.9. The van der Waals surface area contributed by atoms with E-state index in [-0.39, 0.29) is 16.1 Å². The van der Waals surface area contributed by atoms with Crippen LogP contribution in [0.5, 0.6) is 0 Å². The summed E-state index contributed by atoms with van der Waals surface area (Å²) in [6.45, 7) is 1.97. The van der Waals surface area contributed by atoms with Crippen LogP contribution in [-0.4, -0.2) is 36.7 Å². The number of hydrogen-bond acceptors (Lipinski definition) is 9. The molecular formula is C19H26N6O2S2. The van der Waals surface area contributed by atoms with Crippen molar-refractivity contribution in [3.63, 3.8) is 0 Å². The van der Waals surface area contributed by atoms with Gasteiger partial charge in [-0.3, -0.25) is 4.90 Å². The van der Waals surface area contributed by atoms with Crippen LogP contribution in [0.25, 0.3) is 10.2 Å². The molecule has 8 nitrogen and oxygen atoms in total. The van der Waals surface area contributed by atoms with E-state index in [1.165, 1.54) is 11.3 Å². The predicted molar refractivity (Wildman–Crippen MR) is 118 cm³/mol. The summed E-state index contributed by atoms with van der Waals surface area (Å²) in [5.41, 5.74) is 13.2. The third kappa shape index (κ3) is 3.71. The average molecular weight is 435 g/mol. The van der Waals surface area contributed by atoms with Gasteiger partial charge in [0.15, 0.2) is 0 Å². The first-order chi connectivity index (χ1) is 13.8. The monoisotopic (exact) mass is 434 g/mol. The molecule has 4 rings (SSSR count). The number of fused-ring (bicyclic) bond motifs is 1. The van der Waals surface area contributed by atoms with Gasteiger partial charge in [0.05, 0.1) is 16.0 Å². The molecule has 1 aliphatic carbocycles. The van der Waals surface area contributed by atoms with Crippen LogP contribution in [0.3, 0.4) is 0 Å². The summed E-state index contributed by atoms with van der Waals surface area (Å²) in [6, 6.07) is 5.67. The molecule has 1 saturated carbocycles. The Morgan fingerprint density at radius 3 is 2.69 bits per heavy atom. The van der Waals surface area contributed by atoms with Crippen molar-refractivity contribution in [2.75, 3.05) is 10.7 Å². The van der Waals surface area contributed by atoms with Crippen molar-refractivity contribution in [3.05, 3.63) is 18.2 Å². The van der Waals surface area contributed by atoms with Gasteiger partial charge in [-0.15, -0.1) is 11.3 Å². The Morgan fingerprint density at radius 1 is 1.21 bits per heavy atom. The van der Waals surface area contributed by atoms with Gasteiger partial charge < -0.3 is 11.5 Å². The number of nitrogens with two attached hydrogens (primary N) is 2. The molecule has 0 saturated heterocycles. The van der Waals surface area contributed by atoms with Crippen LogP contribution < -0.4 is 16.4 Å². The normalized spacial score (nSPS) is 19.4. The summed E-state index contributed by atoms with van der Waals surface area (Å²) in [5.74, 6) is 0.654. The van der Waals surface area contributed by atoms with Crippen LogP contribution in [0.1, 0.15) is 51.9 Å². The van der Waals surface area contributed by atoms with Gasteiger partial charge in [-0.1, -0.05) is 19.8 Å². The first-order valence-corrected chi connectivity index (χ1v) is 12.4. The molecular weight excluding hydrogens is 408 g/mol. The zero-order valence-electron chi connectivity index (χ0n) is 16.5. The highest BCUT2D eigenvalue weighted by Gasteiger charge is 2.42. The Balaban J connectivity index is 1.74. The third-order valence-corrected chi connectivity index (χ3v) is 8.77. The second kappa shape index (κ2) is 7.56. The average Bonchev–Trinajstić information content (AvgIpc) is 3.11. The molecule has 10 heteroatoms. The van der Waals surface area contributed by atoms with E-state index < -0.39 is 15.5 Å². The van der Waals surface area contributed by atoms with Crippen molar-refractivity contribution in [2.45, 2.75) is 61.9 Å². The molecule has 2 aromatic rings. The van der Waals surface area contributed by atoms with Crippen LogP contribution in [0, 0.1) is 0 Å². The highest BCUT2D eigenvalue weighted by molar-refractivity contribution is 7.93. The van der Waals surface area contributed by atoms with E-state index in [4.69, 9.17) is 11.5 Å². The lowest BCUT2D eigenvalue weighted by atomic mass is 9.87. The smallest absolute Gasteiger partial charge is 0.220 e. The first-order valence-electron chi connectivity index (χ1n) is 9.98. The molecule has 1 aromatic carbocycles. The molecule has 0 unspecified atom stereocenters. The zero-order valence-corrected chi connectivity index (χ0v) is 18.1. The van der Waals surface area contributed by atoms with Crippen molar-refractivity contribution in [1.82, 2.24) is 4.98 Å². The molecule has 156 valence electrons. The van der Waals surface area contributed by atoms with Gasteiger partial charge in [0.25, 0.3) is 0 Å². The minimum absolute atomic E-state index is 0.124. The molecule has 1 aromatic heterocycles. The predicted octanol–water partition coefficient (Wildman–Crippen LogP) is 2.98. The maximum atomic E-state index is 12.5. The number of aromatic nitrogens is 1. The summed E-state index contributed by atoms with van der Waals surface area (Å²) >= 11 is 1.20. The van der Waals surface area contributed by atoms with Crippen LogP contribution in [0.4, 0.5) is 5.69 Å². The van der Waals surface area contributed by atoms with Crippen molar-refractivity contribution >= 4 is 49.0 Å². The number of aliphatic imine (C=N–C) groups is 2. The zero-order chi connectivity index (χ0) is 20.6. The molecule has 1 fully saturated rings. The Kier molecular flexibility index (Phi) is 5.24. The highest BCUT2D eigenvalue weighted by atomic mass is 32.2. The van der Waals surface area contributed by atoms with Crippen molar-refractivity contribution in [1.29, 1.82) is 0 Å². The van der Waals surface area contributed by atoms with Gasteiger partial charge >= 0.3 is 0 Å². The van der Waals surface area contributed by atoms with Gasteiger partial charge in [0.1, 0.15) is 5.66 Å². The SMILES string of the molecule is CCCCS(=O)(=O)c1nc2ccc(N3C(N)=NC(N)=NC34CCCCC4)cc2s1. The van der Waals surface area contributed by atoms with Crippen LogP contribution in [0.15, 0.2) is 32.5 Å². The van der Waals surface area contributed by atoms with E-state index in [1.54, 1.807) is 0 Å². The van der Waals surface area contributed by atoms with Gasteiger partial charge in [-0.2, -0.15) is 4.99 Å². The number of unbranched alkanes of at least 4 members (excludes halogenated alkanes) is 1. The number of sulfone groups is 1. The molecule has 2 heterocycles. The van der Waals surface area contributed by atoms with Gasteiger partial charge in [0, 0.05) is 5.69 Å².